The lowest BCUT2D eigenvalue weighted by molar-refractivity contribution is 0.0944. The largest absolute Gasteiger partial charge is 0.350 e. The van der Waals surface area contributed by atoms with Gasteiger partial charge in [0.15, 0.2) is 0 Å². The van der Waals surface area contributed by atoms with Gasteiger partial charge in [-0.05, 0) is 32.4 Å². The minimum Gasteiger partial charge on any atom is -0.350 e. The summed E-state index contributed by atoms with van der Waals surface area (Å²) in [6.45, 7) is 5.68. The Morgan fingerprint density at radius 3 is 2.76 bits per heavy atom. The van der Waals surface area contributed by atoms with Gasteiger partial charge in [0.05, 0.1) is 22.1 Å². The number of aryl methyl sites for hydroxylation is 1. The zero-order valence-corrected chi connectivity index (χ0v) is 10.9. The highest BCUT2D eigenvalue weighted by Crippen LogP contribution is 2.20. The molecule has 3 nitrogen and oxygen atoms in total. The Kier molecular flexibility index (Phi) is 4.14. The Morgan fingerprint density at radius 2 is 2.18 bits per heavy atom. The predicted octanol–water partition coefficient (Wildman–Crippen LogP) is 2.93. The van der Waals surface area contributed by atoms with Crippen molar-refractivity contribution in [2.24, 2.45) is 5.41 Å². The molecule has 0 fully saturated rings. The van der Waals surface area contributed by atoms with Crippen LogP contribution < -0.4 is 5.32 Å². The fourth-order valence-electron chi connectivity index (χ4n) is 1.26. The van der Waals surface area contributed by atoms with Crippen LogP contribution >= 0.6 is 11.6 Å². The van der Waals surface area contributed by atoms with Crippen LogP contribution in [0.3, 0.4) is 0 Å². The SMILES string of the molecule is Cc1cccc(C(=O)NCC(C)(C)C#N)c1Cl. The number of hydrogen-bond acceptors (Lipinski definition) is 2. The van der Waals surface area contributed by atoms with Crippen molar-refractivity contribution in [2.45, 2.75) is 20.8 Å². The number of amides is 1. The maximum atomic E-state index is 11.9. The minimum absolute atomic E-state index is 0.248. The van der Waals surface area contributed by atoms with E-state index in [-0.39, 0.29) is 5.91 Å². The van der Waals surface area contributed by atoms with Gasteiger partial charge in [-0.3, -0.25) is 4.79 Å². The second-order valence-electron chi connectivity index (χ2n) is 4.61. The van der Waals surface area contributed by atoms with Gasteiger partial charge in [-0.2, -0.15) is 5.26 Å². The lowest BCUT2D eigenvalue weighted by atomic mass is 9.96. The topological polar surface area (TPSA) is 52.9 Å². The first-order valence-electron chi connectivity index (χ1n) is 5.32. The molecular weight excluding hydrogens is 236 g/mol. The quantitative estimate of drug-likeness (QED) is 0.897. The third kappa shape index (κ3) is 3.47. The summed E-state index contributed by atoms with van der Waals surface area (Å²) in [6.07, 6.45) is 0. The van der Waals surface area contributed by atoms with Crippen LogP contribution in [0.2, 0.25) is 5.02 Å². The van der Waals surface area contributed by atoms with E-state index in [4.69, 9.17) is 16.9 Å². The van der Waals surface area contributed by atoms with Crippen molar-refractivity contribution in [2.75, 3.05) is 6.54 Å². The van der Waals surface area contributed by atoms with Crippen LogP contribution in [0.4, 0.5) is 0 Å². The van der Waals surface area contributed by atoms with Crippen LogP contribution in [-0.2, 0) is 0 Å². The number of carbonyl (C=O) groups excluding carboxylic acids is 1. The van der Waals surface area contributed by atoms with Crippen molar-refractivity contribution in [3.05, 3.63) is 34.3 Å². The van der Waals surface area contributed by atoms with E-state index in [0.717, 1.165) is 5.56 Å². The number of hydrogen-bond donors (Lipinski definition) is 1. The average Bonchev–Trinajstić information content (AvgIpc) is 2.30. The summed E-state index contributed by atoms with van der Waals surface area (Å²) in [5.74, 6) is -0.248. The summed E-state index contributed by atoms with van der Waals surface area (Å²) < 4.78 is 0. The minimum atomic E-state index is -0.577. The van der Waals surface area contributed by atoms with Gasteiger partial charge in [-0.25, -0.2) is 0 Å². The van der Waals surface area contributed by atoms with Gasteiger partial charge in [0.25, 0.3) is 5.91 Å². The highest BCUT2D eigenvalue weighted by molar-refractivity contribution is 6.34. The molecule has 1 N–H and O–H groups in total. The molecule has 0 aliphatic carbocycles. The van der Waals surface area contributed by atoms with Gasteiger partial charge in [0.1, 0.15) is 0 Å². The molecule has 17 heavy (non-hydrogen) atoms. The molecule has 0 saturated carbocycles. The highest BCUT2D eigenvalue weighted by atomic mass is 35.5. The Labute approximate surface area is 106 Å². The zero-order valence-electron chi connectivity index (χ0n) is 10.2. The molecule has 1 aromatic carbocycles. The first-order valence-corrected chi connectivity index (χ1v) is 5.70. The molecular formula is C13H15ClN2O. The summed E-state index contributed by atoms with van der Waals surface area (Å²) >= 11 is 6.05. The molecule has 0 bridgehead atoms. The lowest BCUT2D eigenvalue weighted by Crippen LogP contribution is -2.33. The van der Waals surface area contributed by atoms with Crippen molar-refractivity contribution in [3.63, 3.8) is 0 Å². The van der Waals surface area contributed by atoms with Crippen LogP contribution in [-0.4, -0.2) is 12.5 Å². The van der Waals surface area contributed by atoms with E-state index in [1.54, 1.807) is 26.0 Å². The van der Waals surface area contributed by atoms with Crippen LogP contribution in [0.1, 0.15) is 29.8 Å². The van der Waals surface area contributed by atoms with Crippen molar-refractivity contribution in [1.82, 2.24) is 5.32 Å². The number of nitriles is 1. The molecule has 1 aromatic rings. The number of carbonyl (C=O) groups is 1. The number of nitrogens with zero attached hydrogens (tertiary/aromatic N) is 1. The summed E-state index contributed by atoms with van der Waals surface area (Å²) in [4.78, 5) is 11.9. The number of benzene rings is 1. The standard InChI is InChI=1S/C13H15ClN2O/c1-9-5-4-6-10(11(9)14)12(17)16-8-13(2,3)7-15/h4-6H,8H2,1-3H3,(H,16,17). The molecule has 0 radical (unpaired) electrons. The van der Waals surface area contributed by atoms with Crippen molar-refractivity contribution in [3.8, 4) is 6.07 Å². The first kappa shape index (κ1) is 13.5. The predicted molar refractivity (Wildman–Crippen MR) is 67.9 cm³/mol. The molecule has 0 spiro atoms. The fourth-order valence-corrected chi connectivity index (χ4v) is 1.47. The highest BCUT2D eigenvalue weighted by Gasteiger charge is 2.19. The molecule has 0 saturated heterocycles. The molecule has 0 aliphatic heterocycles. The van der Waals surface area contributed by atoms with Gasteiger partial charge in [0, 0.05) is 6.54 Å². The van der Waals surface area contributed by atoms with Gasteiger partial charge in [-0.1, -0.05) is 23.7 Å². The van der Waals surface area contributed by atoms with Crippen molar-refractivity contribution in [1.29, 1.82) is 5.26 Å². The monoisotopic (exact) mass is 250 g/mol. The van der Waals surface area contributed by atoms with Crippen molar-refractivity contribution >= 4 is 17.5 Å². The van der Waals surface area contributed by atoms with Crippen LogP contribution in [0.15, 0.2) is 18.2 Å². The molecule has 0 unspecified atom stereocenters. The third-order valence-corrected chi connectivity index (χ3v) is 2.93. The average molecular weight is 251 g/mol. The number of halogens is 1. The number of rotatable bonds is 3. The van der Waals surface area contributed by atoms with Crippen molar-refractivity contribution < 1.29 is 4.79 Å². The Hall–Kier alpha value is -1.53. The maximum Gasteiger partial charge on any atom is 0.252 e. The lowest BCUT2D eigenvalue weighted by Gasteiger charge is -2.16. The normalized spacial score (nSPS) is 10.8. The van der Waals surface area contributed by atoms with E-state index in [0.29, 0.717) is 17.1 Å². The Morgan fingerprint density at radius 1 is 1.53 bits per heavy atom. The van der Waals surface area contributed by atoms with Crippen LogP contribution in [0.25, 0.3) is 0 Å². The number of nitrogens with one attached hydrogen (secondary N) is 1. The van der Waals surface area contributed by atoms with E-state index >= 15 is 0 Å². The molecule has 0 heterocycles. The van der Waals surface area contributed by atoms with Crippen LogP contribution in [0.5, 0.6) is 0 Å². The van der Waals surface area contributed by atoms with E-state index in [9.17, 15) is 4.79 Å². The van der Waals surface area contributed by atoms with Gasteiger partial charge in [0.2, 0.25) is 0 Å². The zero-order chi connectivity index (χ0) is 13.1. The van der Waals surface area contributed by atoms with Gasteiger partial charge < -0.3 is 5.32 Å². The Balaban J connectivity index is 2.79. The smallest absolute Gasteiger partial charge is 0.252 e. The second kappa shape index (κ2) is 5.20. The molecule has 1 rings (SSSR count). The Bertz CT molecular complexity index is 475. The molecule has 4 heteroatoms. The summed E-state index contributed by atoms with van der Waals surface area (Å²) in [6, 6.07) is 7.43. The summed E-state index contributed by atoms with van der Waals surface area (Å²) in [7, 11) is 0. The first-order chi connectivity index (χ1) is 7.87. The van der Waals surface area contributed by atoms with E-state index < -0.39 is 5.41 Å². The molecule has 0 aliphatic rings. The molecule has 90 valence electrons. The van der Waals surface area contributed by atoms with E-state index in [2.05, 4.69) is 11.4 Å². The van der Waals surface area contributed by atoms with Gasteiger partial charge >= 0.3 is 0 Å². The van der Waals surface area contributed by atoms with E-state index in [1.807, 2.05) is 13.0 Å². The maximum absolute atomic E-state index is 11.9. The molecule has 1 amide bonds. The summed E-state index contributed by atoms with van der Waals surface area (Å²) in [5.41, 5.74) is 0.727. The molecule has 0 aromatic heterocycles. The second-order valence-corrected chi connectivity index (χ2v) is 4.99. The third-order valence-electron chi connectivity index (χ3n) is 2.43. The fraction of sp³-hybridized carbons (Fsp3) is 0.385. The van der Waals surface area contributed by atoms with Gasteiger partial charge in [-0.15, -0.1) is 0 Å². The van der Waals surface area contributed by atoms with Crippen LogP contribution in [0, 0.1) is 23.7 Å². The van der Waals surface area contributed by atoms with E-state index in [1.165, 1.54) is 0 Å². The molecule has 0 atom stereocenters. The summed E-state index contributed by atoms with van der Waals surface area (Å²) in [5, 5.41) is 12.0.